The van der Waals surface area contributed by atoms with Gasteiger partial charge in [0.2, 0.25) is 0 Å². The van der Waals surface area contributed by atoms with Crippen molar-refractivity contribution in [1.82, 2.24) is 4.57 Å². The average molecular weight is 683 g/mol. The van der Waals surface area contributed by atoms with Crippen molar-refractivity contribution in [2.24, 2.45) is 0 Å². The van der Waals surface area contributed by atoms with E-state index in [1.54, 1.807) is 0 Å². The number of rotatable bonds is 4. The van der Waals surface area contributed by atoms with Gasteiger partial charge in [-0.2, -0.15) is 0 Å². The van der Waals surface area contributed by atoms with Gasteiger partial charge in [-0.3, -0.25) is 0 Å². The van der Waals surface area contributed by atoms with Crippen molar-refractivity contribution in [1.29, 1.82) is 0 Å². The molecular formula is C49H34N2S. The average Bonchev–Trinajstić information content (AvgIpc) is 3.83. The SMILES string of the molecule is CC12C=CC(c3ccc4c(c3)c3ccccc3n4-c3cccc(-c4ccc5sc6ccccc6c5c4)c3)=CC1N(c1ccccc1)c1ccccc12. The molecule has 9 aromatic rings. The zero-order valence-corrected chi connectivity index (χ0v) is 29.5. The number of hydrogen-bond donors (Lipinski definition) is 0. The predicted molar refractivity (Wildman–Crippen MR) is 222 cm³/mol. The summed E-state index contributed by atoms with van der Waals surface area (Å²) < 4.78 is 5.10. The molecule has 0 fully saturated rings. The van der Waals surface area contributed by atoms with E-state index in [1.165, 1.54) is 86.9 Å². The monoisotopic (exact) mass is 682 g/mol. The number of anilines is 2. The molecule has 0 bridgehead atoms. The lowest BCUT2D eigenvalue weighted by atomic mass is 9.74. The van der Waals surface area contributed by atoms with Crippen LogP contribution in [0.3, 0.4) is 0 Å². The second-order valence-electron chi connectivity index (χ2n) is 14.3. The fraction of sp³-hybridized carbons (Fsp3) is 0.0612. The number of nitrogens with zero attached hydrogens (tertiary/aromatic N) is 2. The summed E-state index contributed by atoms with van der Waals surface area (Å²) in [4.78, 5) is 2.52. The van der Waals surface area contributed by atoms with Gasteiger partial charge in [-0.05, 0) is 101 Å². The van der Waals surface area contributed by atoms with Crippen LogP contribution in [0.2, 0.25) is 0 Å². The van der Waals surface area contributed by atoms with Gasteiger partial charge < -0.3 is 9.47 Å². The topological polar surface area (TPSA) is 8.17 Å². The highest BCUT2D eigenvalue weighted by molar-refractivity contribution is 7.25. The Bertz CT molecular complexity index is 2940. The van der Waals surface area contributed by atoms with E-state index in [2.05, 4.69) is 198 Å². The van der Waals surface area contributed by atoms with Crippen molar-refractivity contribution in [2.45, 2.75) is 18.4 Å². The summed E-state index contributed by atoms with van der Waals surface area (Å²) in [6.07, 6.45) is 7.27. The van der Waals surface area contributed by atoms with E-state index >= 15 is 0 Å². The minimum absolute atomic E-state index is 0.123. The number of thiophene rings is 1. The molecule has 1 aliphatic heterocycles. The summed E-state index contributed by atoms with van der Waals surface area (Å²) in [6.45, 7) is 2.38. The van der Waals surface area contributed by atoms with Crippen LogP contribution in [0, 0.1) is 0 Å². The van der Waals surface area contributed by atoms with Crippen LogP contribution < -0.4 is 4.90 Å². The van der Waals surface area contributed by atoms with Crippen LogP contribution in [-0.4, -0.2) is 10.6 Å². The second kappa shape index (κ2) is 11.2. The van der Waals surface area contributed by atoms with E-state index < -0.39 is 0 Å². The number of para-hydroxylation sites is 3. The Kier molecular flexibility index (Phi) is 6.35. The molecule has 2 unspecified atom stereocenters. The van der Waals surface area contributed by atoms with Crippen LogP contribution in [-0.2, 0) is 5.41 Å². The van der Waals surface area contributed by atoms with Crippen molar-refractivity contribution >= 4 is 70.3 Å². The van der Waals surface area contributed by atoms with E-state index in [-0.39, 0.29) is 11.5 Å². The molecule has 0 amide bonds. The quantitative estimate of drug-likeness (QED) is 0.179. The van der Waals surface area contributed by atoms with Gasteiger partial charge in [-0.25, -0.2) is 0 Å². The summed E-state index contributed by atoms with van der Waals surface area (Å²) >= 11 is 1.87. The molecular weight excluding hydrogens is 649 g/mol. The first-order valence-electron chi connectivity index (χ1n) is 18.0. The normalized spacial score (nSPS) is 18.0. The van der Waals surface area contributed by atoms with Gasteiger partial charge in [0.05, 0.1) is 17.1 Å². The third kappa shape index (κ3) is 4.30. The van der Waals surface area contributed by atoms with Crippen molar-refractivity contribution in [3.05, 3.63) is 193 Å². The van der Waals surface area contributed by atoms with Gasteiger partial charge in [0.1, 0.15) is 0 Å². The molecule has 11 rings (SSSR count). The molecule has 0 saturated carbocycles. The highest BCUT2D eigenvalue weighted by Gasteiger charge is 2.47. The molecule has 2 nitrogen and oxygen atoms in total. The van der Waals surface area contributed by atoms with Crippen LogP contribution in [0.15, 0.2) is 182 Å². The zero-order chi connectivity index (χ0) is 34.4. The van der Waals surface area contributed by atoms with Gasteiger partial charge >= 0.3 is 0 Å². The molecule has 0 radical (unpaired) electrons. The third-order valence-corrected chi connectivity index (χ3v) is 12.6. The van der Waals surface area contributed by atoms with E-state index in [4.69, 9.17) is 0 Å². The first kappa shape index (κ1) is 29.6. The lowest BCUT2D eigenvalue weighted by Crippen LogP contribution is -2.39. The van der Waals surface area contributed by atoms with Crippen molar-refractivity contribution < 1.29 is 0 Å². The highest BCUT2D eigenvalue weighted by atomic mass is 32.1. The molecule has 3 heteroatoms. The number of hydrogen-bond acceptors (Lipinski definition) is 2. The predicted octanol–water partition coefficient (Wildman–Crippen LogP) is 13.2. The summed E-state index contributed by atoms with van der Waals surface area (Å²) in [5.74, 6) is 0. The maximum atomic E-state index is 2.52. The fourth-order valence-electron chi connectivity index (χ4n) is 8.88. The Morgan fingerprint density at radius 1 is 0.519 bits per heavy atom. The molecule has 52 heavy (non-hydrogen) atoms. The third-order valence-electron chi connectivity index (χ3n) is 11.4. The minimum Gasteiger partial charge on any atom is -0.333 e. The number of fused-ring (bicyclic) bond motifs is 9. The molecule has 246 valence electrons. The molecule has 2 atom stereocenters. The van der Waals surface area contributed by atoms with E-state index in [9.17, 15) is 0 Å². The maximum Gasteiger partial charge on any atom is 0.0661 e. The molecule has 0 saturated heterocycles. The molecule has 7 aromatic carbocycles. The standard InChI is InChI=1S/C49H34N2S/c1-49-27-26-35(31-48(49)51(36-13-3-2-4-14-36)45-20-9-7-18-42(45)49)33-22-24-44-40(29-33)38-16-5-8-19-43(38)50(44)37-15-11-12-32(28-37)34-23-25-47-41(30-34)39-17-6-10-21-46(39)52-47/h2-31,48H,1H3. The first-order valence-corrected chi connectivity index (χ1v) is 18.9. The highest BCUT2D eigenvalue weighted by Crippen LogP contribution is 2.52. The van der Waals surface area contributed by atoms with E-state index in [1.807, 2.05) is 11.3 Å². The second-order valence-corrected chi connectivity index (χ2v) is 15.4. The summed E-state index contributed by atoms with van der Waals surface area (Å²) in [7, 11) is 0. The molecule has 2 aliphatic rings. The summed E-state index contributed by atoms with van der Waals surface area (Å²) in [5.41, 5.74) is 12.3. The van der Waals surface area contributed by atoms with E-state index in [0.717, 1.165) is 0 Å². The van der Waals surface area contributed by atoms with Gasteiger partial charge in [0, 0.05) is 53.4 Å². The molecule has 1 aliphatic carbocycles. The largest absolute Gasteiger partial charge is 0.333 e. The fourth-order valence-corrected chi connectivity index (χ4v) is 9.97. The van der Waals surface area contributed by atoms with Crippen molar-refractivity contribution in [3.63, 3.8) is 0 Å². The Morgan fingerprint density at radius 3 is 2.13 bits per heavy atom. The van der Waals surface area contributed by atoms with Gasteiger partial charge in [-0.15, -0.1) is 11.3 Å². The Morgan fingerprint density at radius 2 is 1.21 bits per heavy atom. The Labute approximate surface area is 306 Å². The zero-order valence-electron chi connectivity index (χ0n) is 28.7. The number of benzene rings is 7. The van der Waals surface area contributed by atoms with Crippen molar-refractivity contribution in [3.8, 4) is 16.8 Å². The Balaban J connectivity index is 1.03. The number of aromatic nitrogens is 1. The maximum absolute atomic E-state index is 2.52. The van der Waals surface area contributed by atoms with Crippen LogP contribution >= 0.6 is 11.3 Å². The summed E-state index contributed by atoms with van der Waals surface area (Å²) in [6, 6.07) is 60.4. The lowest BCUT2D eigenvalue weighted by molar-refractivity contribution is 0.552. The van der Waals surface area contributed by atoms with Crippen LogP contribution in [0.5, 0.6) is 0 Å². The minimum atomic E-state index is -0.123. The molecule has 2 aromatic heterocycles. The van der Waals surface area contributed by atoms with Gasteiger partial charge in [-0.1, -0.05) is 115 Å². The first-order chi connectivity index (χ1) is 25.6. The van der Waals surface area contributed by atoms with E-state index in [0.29, 0.717) is 0 Å². The van der Waals surface area contributed by atoms with Gasteiger partial charge in [0.15, 0.2) is 0 Å². The smallest absolute Gasteiger partial charge is 0.0661 e. The molecule has 3 heterocycles. The van der Waals surface area contributed by atoms with Crippen LogP contribution in [0.4, 0.5) is 11.4 Å². The lowest BCUT2D eigenvalue weighted by Gasteiger charge is -2.36. The van der Waals surface area contributed by atoms with Crippen LogP contribution in [0.25, 0.3) is 64.4 Å². The van der Waals surface area contributed by atoms with Gasteiger partial charge in [0.25, 0.3) is 0 Å². The number of allylic oxidation sites excluding steroid dienone is 2. The van der Waals surface area contributed by atoms with Crippen molar-refractivity contribution in [2.75, 3.05) is 4.90 Å². The molecule has 0 spiro atoms. The van der Waals surface area contributed by atoms with Crippen LogP contribution in [0.1, 0.15) is 18.1 Å². The Hall–Kier alpha value is -6.16. The molecule has 0 N–H and O–H groups in total. The summed E-state index contributed by atoms with van der Waals surface area (Å²) in [5, 5.41) is 5.19.